The quantitative estimate of drug-likeness (QED) is 0.705. The van der Waals surface area contributed by atoms with Crippen molar-refractivity contribution in [1.29, 1.82) is 0 Å². The predicted octanol–water partition coefficient (Wildman–Crippen LogP) is 4.55. The van der Waals surface area contributed by atoms with Gasteiger partial charge >= 0.3 is 0 Å². The molecule has 2 rings (SSSR count). The number of halogens is 1. The zero-order valence-corrected chi connectivity index (χ0v) is 17.4. The van der Waals surface area contributed by atoms with E-state index >= 15 is 0 Å². The minimum atomic E-state index is -3.75. The van der Waals surface area contributed by atoms with E-state index in [2.05, 4.69) is 37.7 Å². The first kappa shape index (κ1) is 21.3. The average Bonchev–Trinajstić information content (AvgIpc) is 2.61. The molecule has 0 bridgehead atoms. The monoisotopic (exact) mass is 408 g/mol. The van der Waals surface area contributed by atoms with Crippen LogP contribution in [0.2, 0.25) is 5.02 Å². The molecule has 0 aliphatic rings. The fourth-order valence-electron chi connectivity index (χ4n) is 2.88. The second kappa shape index (κ2) is 8.76. The van der Waals surface area contributed by atoms with Crippen LogP contribution in [-0.4, -0.2) is 20.4 Å². The van der Waals surface area contributed by atoms with Gasteiger partial charge in [0.05, 0.1) is 15.6 Å². The molecule has 2 aromatic rings. The first-order valence-electron chi connectivity index (χ1n) is 8.80. The molecule has 0 unspecified atom stereocenters. The Morgan fingerprint density at radius 1 is 0.963 bits per heavy atom. The van der Waals surface area contributed by atoms with E-state index in [-0.39, 0.29) is 27.6 Å². The van der Waals surface area contributed by atoms with Gasteiger partial charge in [0.25, 0.3) is 15.9 Å². The minimum Gasteiger partial charge on any atom is -0.349 e. The summed E-state index contributed by atoms with van der Waals surface area (Å²) in [6.45, 7) is 8.22. The Morgan fingerprint density at radius 2 is 1.56 bits per heavy atom. The maximum atomic E-state index is 12.5. The molecule has 27 heavy (non-hydrogen) atoms. The Balaban J connectivity index is 2.19. The van der Waals surface area contributed by atoms with Gasteiger partial charge in [-0.2, -0.15) is 0 Å². The molecule has 0 radical (unpaired) electrons. The Labute approximate surface area is 166 Å². The molecule has 0 fully saturated rings. The van der Waals surface area contributed by atoms with E-state index < -0.39 is 10.0 Å². The van der Waals surface area contributed by atoms with Crippen molar-refractivity contribution in [2.45, 2.75) is 38.6 Å². The van der Waals surface area contributed by atoms with Gasteiger partial charge in [-0.25, -0.2) is 8.42 Å². The van der Waals surface area contributed by atoms with E-state index in [1.807, 2.05) is 0 Å². The van der Waals surface area contributed by atoms with Crippen molar-refractivity contribution in [2.75, 3.05) is 4.72 Å². The van der Waals surface area contributed by atoms with Crippen LogP contribution in [0.3, 0.4) is 0 Å². The normalized spacial score (nSPS) is 11.9. The first-order chi connectivity index (χ1) is 12.6. The van der Waals surface area contributed by atoms with Crippen molar-refractivity contribution in [3.05, 3.63) is 59.1 Å². The summed E-state index contributed by atoms with van der Waals surface area (Å²) in [4.78, 5) is 12.7. The summed E-state index contributed by atoms with van der Waals surface area (Å²) in [5.41, 5.74) is 0.607. The number of carbonyl (C=O) groups excluding carboxylic acids is 1. The molecule has 1 amide bonds. The number of hydrogen-bond acceptors (Lipinski definition) is 3. The van der Waals surface area contributed by atoms with Crippen LogP contribution in [0.15, 0.2) is 53.4 Å². The SMILES string of the molecule is CC(C)C(NC(=O)c1ccc(NS(=O)(=O)c2ccccc2)c(Cl)c1)C(C)C. The van der Waals surface area contributed by atoms with Crippen LogP contribution < -0.4 is 10.0 Å². The number of anilines is 1. The van der Waals surface area contributed by atoms with Gasteiger partial charge in [0.15, 0.2) is 0 Å². The lowest BCUT2D eigenvalue weighted by molar-refractivity contribution is 0.0910. The molecule has 0 aliphatic carbocycles. The molecule has 7 heteroatoms. The van der Waals surface area contributed by atoms with Crippen molar-refractivity contribution in [3.63, 3.8) is 0 Å². The predicted molar refractivity (Wildman–Crippen MR) is 110 cm³/mol. The smallest absolute Gasteiger partial charge is 0.261 e. The van der Waals surface area contributed by atoms with Gasteiger partial charge in [0.1, 0.15) is 0 Å². The highest BCUT2D eigenvalue weighted by molar-refractivity contribution is 7.92. The van der Waals surface area contributed by atoms with Gasteiger partial charge < -0.3 is 5.32 Å². The van der Waals surface area contributed by atoms with Crippen LogP contribution in [-0.2, 0) is 10.0 Å². The second-order valence-corrected chi connectivity index (χ2v) is 9.19. The molecule has 2 N–H and O–H groups in total. The Kier molecular flexibility index (Phi) is 6.89. The number of hydrogen-bond donors (Lipinski definition) is 2. The number of sulfonamides is 1. The molecule has 0 heterocycles. The van der Waals surface area contributed by atoms with Gasteiger partial charge in [-0.15, -0.1) is 0 Å². The van der Waals surface area contributed by atoms with Gasteiger partial charge in [0.2, 0.25) is 0 Å². The molecule has 0 spiro atoms. The standard InChI is InChI=1S/C20H25ClN2O3S/c1-13(2)19(14(3)4)22-20(24)15-10-11-18(17(21)12-15)23-27(25,26)16-8-6-5-7-9-16/h5-14,19,23H,1-4H3,(H,22,24). The average molecular weight is 409 g/mol. The summed E-state index contributed by atoms with van der Waals surface area (Å²) in [5.74, 6) is 0.351. The molecular weight excluding hydrogens is 384 g/mol. The zero-order valence-electron chi connectivity index (χ0n) is 15.9. The zero-order chi connectivity index (χ0) is 20.2. The lowest BCUT2D eigenvalue weighted by atomic mass is 9.93. The van der Waals surface area contributed by atoms with Crippen LogP contribution in [0.4, 0.5) is 5.69 Å². The van der Waals surface area contributed by atoms with Crippen molar-refractivity contribution >= 4 is 33.2 Å². The van der Waals surface area contributed by atoms with E-state index in [0.717, 1.165) is 0 Å². The Hall–Kier alpha value is -2.05. The van der Waals surface area contributed by atoms with E-state index in [1.54, 1.807) is 24.3 Å². The highest BCUT2D eigenvalue weighted by Gasteiger charge is 2.21. The van der Waals surface area contributed by atoms with E-state index in [4.69, 9.17) is 11.6 Å². The van der Waals surface area contributed by atoms with Gasteiger partial charge in [0, 0.05) is 11.6 Å². The number of nitrogens with one attached hydrogen (secondary N) is 2. The maximum absolute atomic E-state index is 12.5. The molecule has 2 aromatic carbocycles. The fraction of sp³-hybridized carbons (Fsp3) is 0.350. The number of carbonyl (C=O) groups is 1. The topological polar surface area (TPSA) is 75.3 Å². The molecule has 0 saturated carbocycles. The maximum Gasteiger partial charge on any atom is 0.261 e. The lowest BCUT2D eigenvalue weighted by Gasteiger charge is -2.26. The second-order valence-electron chi connectivity index (χ2n) is 7.10. The fourth-order valence-corrected chi connectivity index (χ4v) is 4.26. The summed E-state index contributed by atoms with van der Waals surface area (Å²) >= 11 is 6.22. The van der Waals surface area contributed by atoms with Crippen LogP contribution >= 0.6 is 11.6 Å². The molecular formula is C20H25ClN2O3S. The van der Waals surface area contributed by atoms with Gasteiger partial charge in [-0.1, -0.05) is 57.5 Å². The molecule has 0 atom stereocenters. The lowest BCUT2D eigenvalue weighted by Crippen LogP contribution is -2.42. The molecule has 5 nitrogen and oxygen atoms in total. The molecule has 0 saturated heterocycles. The summed E-state index contributed by atoms with van der Waals surface area (Å²) in [6.07, 6.45) is 0. The minimum absolute atomic E-state index is 0.0348. The molecule has 0 aliphatic heterocycles. The van der Waals surface area contributed by atoms with Crippen molar-refractivity contribution in [3.8, 4) is 0 Å². The largest absolute Gasteiger partial charge is 0.349 e. The Morgan fingerprint density at radius 3 is 2.07 bits per heavy atom. The molecule has 146 valence electrons. The number of benzene rings is 2. The summed E-state index contributed by atoms with van der Waals surface area (Å²) in [5, 5.41) is 3.18. The first-order valence-corrected chi connectivity index (χ1v) is 10.7. The summed E-state index contributed by atoms with van der Waals surface area (Å²) in [6, 6.07) is 12.6. The van der Waals surface area contributed by atoms with Crippen LogP contribution in [0.1, 0.15) is 38.1 Å². The number of amides is 1. The summed E-state index contributed by atoms with van der Waals surface area (Å²) in [7, 11) is -3.75. The van der Waals surface area contributed by atoms with Crippen molar-refractivity contribution in [1.82, 2.24) is 5.32 Å². The summed E-state index contributed by atoms with van der Waals surface area (Å²) < 4.78 is 27.3. The molecule has 0 aromatic heterocycles. The third-order valence-electron chi connectivity index (χ3n) is 4.26. The van der Waals surface area contributed by atoms with Crippen molar-refractivity contribution in [2.24, 2.45) is 11.8 Å². The van der Waals surface area contributed by atoms with Gasteiger partial charge in [-0.3, -0.25) is 9.52 Å². The highest BCUT2D eigenvalue weighted by Crippen LogP contribution is 2.26. The van der Waals surface area contributed by atoms with E-state index in [0.29, 0.717) is 17.4 Å². The van der Waals surface area contributed by atoms with Crippen LogP contribution in [0.25, 0.3) is 0 Å². The highest BCUT2D eigenvalue weighted by atomic mass is 35.5. The Bertz CT molecular complexity index is 889. The van der Waals surface area contributed by atoms with Crippen LogP contribution in [0, 0.1) is 11.8 Å². The number of rotatable bonds is 7. The third kappa shape index (κ3) is 5.47. The van der Waals surface area contributed by atoms with E-state index in [1.165, 1.54) is 24.3 Å². The van der Waals surface area contributed by atoms with E-state index in [9.17, 15) is 13.2 Å². The van der Waals surface area contributed by atoms with Crippen molar-refractivity contribution < 1.29 is 13.2 Å². The third-order valence-corrected chi connectivity index (χ3v) is 5.96. The van der Waals surface area contributed by atoms with Gasteiger partial charge in [-0.05, 0) is 42.2 Å². The van der Waals surface area contributed by atoms with Crippen LogP contribution in [0.5, 0.6) is 0 Å².